The minimum absolute atomic E-state index is 0.314. The first kappa shape index (κ1) is 13.8. The Kier molecular flexibility index (Phi) is 4.08. The Hall–Kier alpha value is -1.58. The minimum Gasteiger partial charge on any atom is -0.478 e. The lowest BCUT2D eigenvalue weighted by atomic mass is 9.86. The number of carboxylic acid groups (broad SMARTS) is 1. The van der Waals surface area contributed by atoms with E-state index >= 15 is 0 Å². The summed E-state index contributed by atoms with van der Waals surface area (Å²) in [6.45, 7) is 8.22. The molecule has 1 saturated heterocycles. The summed E-state index contributed by atoms with van der Waals surface area (Å²) in [5.41, 5.74) is 1.18. The highest BCUT2D eigenvalue weighted by Crippen LogP contribution is 2.28. The van der Waals surface area contributed by atoms with Gasteiger partial charge in [0.2, 0.25) is 0 Å². The number of pyridine rings is 1. The summed E-state index contributed by atoms with van der Waals surface area (Å²) in [5.74, 6) is 1.18. The first-order chi connectivity index (χ1) is 8.99. The number of piperidine rings is 1. The molecule has 104 valence electrons. The van der Waals surface area contributed by atoms with Crippen LogP contribution in [0.4, 0.5) is 5.82 Å². The molecule has 0 aromatic carbocycles. The molecule has 4 nitrogen and oxygen atoms in total. The number of carboxylic acids is 1. The molecule has 0 radical (unpaired) electrons. The molecule has 1 aromatic rings. The lowest BCUT2D eigenvalue weighted by Crippen LogP contribution is -2.36. The predicted molar refractivity (Wildman–Crippen MR) is 75.7 cm³/mol. The van der Waals surface area contributed by atoms with Gasteiger partial charge in [0.05, 0.1) is 0 Å². The lowest BCUT2D eigenvalue weighted by molar-refractivity contribution is 0.0697. The summed E-state index contributed by atoms with van der Waals surface area (Å²) in [6, 6.07) is 3.42. The van der Waals surface area contributed by atoms with Crippen LogP contribution in [0.15, 0.2) is 12.1 Å². The van der Waals surface area contributed by atoms with E-state index in [1.54, 1.807) is 12.1 Å². The molecule has 0 saturated carbocycles. The highest BCUT2D eigenvalue weighted by Gasteiger charge is 2.25. The number of aromatic carboxylic acids is 1. The third-order valence-electron chi connectivity index (χ3n) is 4.03. The SMILES string of the molecule is Cc1ccc(C(=O)O)c(N2CCC(C(C)C)CC2)n1. The van der Waals surface area contributed by atoms with Crippen LogP contribution in [0, 0.1) is 18.8 Å². The van der Waals surface area contributed by atoms with Crippen molar-refractivity contribution in [3.63, 3.8) is 0 Å². The smallest absolute Gasteiger partial charge is 0.339 e. The summed E-state index contributed by atoms with van der Waals surface area (Å²) in [6.07, 6.45) is 2.23. The monoisotopic (exact) mass is 262 g/mol. The van der Waals surface area contributed by atoms with Crippen molar-refractivity contribution in [2.45, 2.75) is 33.6 Å². The third kappa shape index (κ3) is 3.06. The van der Waals surface area contributed by atoms with E-state index < -0.39 is 5.97 Å². The Morgan fingerprint density at radius 2 is 2.00 bits per heavy atom. The van der Waals surface area contributed by atoms with E-state index in [4.69, 9.17) is 0 Å². The van der Waals surface area contributed by atoms with Gasteiger partial charge >= 0.3 is 5.97 Å². The van der Waals surface area contributed by atoms with Crippen LogP contribution in [0.1, 0.15) is 42.7 Å². The number of nitrogens with zero attached hydrogens (tertiary/aromatic N) is 2. The van der Waals surface area contributed by atoms with Crippen LogP contribution in [0.5, 0.6) is 0 Å². The molecule has 0 atom stereocenters. The molecular weight excluding hydrogens is 240 g/mol. The maximum atomic E-state index is 11.3. The van der Waals surface area contributed by atoms with Crippen LogP contribution in [0.3, 0.4) is 0 Å². The summed E-state index contributed by atoms with van der Waals surface area (Å²) in [5, 5.41) is 9.26. The number of rotatable bonds is 3. The van der Waals surface area contributed by atoms with E-state index in [2.05, 4.69) is 23.7 Å². The molecule has 2 rings (SSSR count). The first-order valence-corrected chi connectivity index (χ1v) is 6.95. The van der Waals surface area contributed by atoms with Crippen LogP contribution in [0.2, 0.25) is 0 Å². The summed E-state index contributed by atoms with van der Waals surface area (Å²) < 4.78 is 0. The second kappa shape index (κ2) is 5.59. The van der Waals surface area contributed by atoms with Gasteiger partial charge < -0.3 is 10.0 Å². The Bertz CT molecular complexity index is 463. The Morgan fingerprint density at radius 1 is 1.37 bits per heavy atom. The van der Waals surface area contributed by atoms with Crippen LogP contribution >= 0.6 is 0 Å². The number of carbonyl (C=O) groups is 1. The minimum atomic E-state index is -0.895. The quantitative estimate of drug-likeness (QED) is 0.910. The molecule has 1 N–H and O–H groups in total. The summed E-state index contributed by atoms with van der Waals surface area (Å²) in [4.78, 5) is 17.8. The molecule has 0 amide bonds. The fraction of sp³-hybridized carbons (Fsp3) is 0.600. The van der Waals surface area contributed by atoms with Gasteiger partial charge in [0, 0.05) is 18.8 Å². The molecule has 2 heterocycles. The number of aromatic nitrogens is 1. The standard InChI is InChI=1S/C15H22N2O2/c1-10(2)12-6-8-17(9-7-12)14-13(15(18)19)5-4-11(3)16-14/h4-5,10,12H,6-9H2,1-3H3,(H,18,19). The van der Waals surface area contributed by atoms with Crippen molar-refractivity contribution in [2.24, 2.45) is 11.8 Å². The van der Waals surface area contributed by atoms with Crippen LogP contribution < -0.4 is 4.90 Å². The van der Waals surface area contributed by atoms with Crippen molar-refractivity contribution in [1.82, 2.24) is 4.98 Å². The van der Waals surface area contributed by atoms with Crippen molar-refractivity contribution in [2.75, 3.05) is 18.0 Å². The van der Waals surface area contributed by atoms with Gasteiger partial charge in [0.1, 0.15) is 11.4 Å². The third-order valence-corrected chi connectivity index (χ3v) is 4.03. The first-order valence-electron chi connectivity index (χ1n) is 6.95. The zero-order chi connectivity index (χ0) is 14.0. The van der Waals surface area contributed by atoms with E-state index in [-0.39, 0.29) is 0 Å². The molecule has 0 bridgehead atoms. The normalized spacial score (nSPS) is 16.9. The Balaban J connectivity index is 2.19. The summed E-state index contributed by atoms with van der Waals surface area (Å²) in [7, 11) is 0. The molecular formula is C15H22N2O2. The highest BCUT2D eigenvalue weighted by atomic mass is 16.4. The zero-order valence-corrected chi connectivity index (χ0v) is 11.9. The van der Waals surface area contributed by atoms with Crippen LogP contribution in [0.25, 0.3) is 0 Å². The fourth-order valence-corrected chi connectivity index (χ4v) is 2.73. The maximum Gasteiger partial charge on any atom is 0.339 e. The molecule has 0 spiro atoms. The molecule has 19 heavy (non-hydrogen) atoms. The van der Waals surface area contributed by atoms with Crippen molar-refractivity contribution >= 4 is 11.8 Å². The average Bonchev–Trinajstić information content (AvgIpc) is 2.38. The molecule has 1 aromatic heterocycles. The topological polar surface area (TPSA) is 53.4 Å². The van der Waals surface area contributed by atoms with E-state index in [1.807, 2.05) is 6.92 Å². The second-order valence-electron chi connectivity index (χ2n) is 5.70. The number of aryl methyl sites for hydroxylation is 1. The highest BCUT2D eigenvalue weighted by molar-refractivity contribution is 5.93. The molecule has 1 aliphatic rings. The Morgan fingerprint density at radius 3 is 2.53 bits per heavy atom. The second-order valence-corrected chi connectivity index (χ2v) is 5.70. The van der Waals surface area contributed by atoms with Crippen LogP contribution in [-0.4, -0.2) is 29.1 Å². The van der Waals surface area contributed by atoms with Gasteiger partial charge in [-0.1, -0.05) is 13.8 Å². The van der Waals surface area contributed by atoms with E-state index in [9.17, 15) is 9.90 Å². The number of hydrogen-bond acceptors (Lipinski definition) is 3. The number of anilines is 1. The van der Waals surface area contributed by atoms with Crippen LogP contribution in [-0.2, 0) is 0 Å². The van der Waals surface area contributed by atoms with Gasteiger partial charge in [0.15, 0.2) is 0 Å². The van der Waals surface area contributed by atoms with Gasteiger partial charge in [-0.25, -0.2) is 9.78 Å². The van der Waals surface area contributed by atoms with Crippen molar-refractivity contribution in [3.8, 4) is 0 Å². The van der Waals surface area contributed by atoms with E-state index in [1.165, 1.54) is 0 Å². The van der Waals surface area contributed by atoms with Gasteiger partial charge in [-0.05, 0) is 43.7 Å². The molecule has 0 aliphatic carbocycles. The van der Waals surface area contributed by atoms with E-state index in [0.29, 0.717) is 17.3 Å². The fourth-order valence-electron chi connectivity index (χ4n) is 2.73. The zero-order valence-electron chi connectivity index (χ0n) is 11.9. The average molecular weight is 262 g/mol. The van der Waals surface area contributed by atoms with Gasteiger partial charge in [-0.2, -0.15) is 0 Å². The molecule has 1 aliphatic heterocycles. The lowest BCUT2D eigenvalue weighted by Gasteiger charge is -2.35. The van der Waals surface area contributed by atoms with Crippen molar-refractivity contribution < 1.29 is 9.90 Å². The Labute approximate surface area is 114 Å². The largest absolute Gasteiger partial charge is 0.478 e. The molecule has 0 unspecified atom stereocenters. The van der Waals surface area contributed by atoms with Crippen molar-refractivity contribution in [3.05, 3.63) is 23.4 Å². The number of hydrogen-bond donors (Lipinski definition) is 1. The van der Waals surface area contributed by atoms with Gasteiger partial charge in [-0.15, -0.1) is 0 Å². The molecule has 4 heteroatoms. The molecule has 1 fully saturated rings. The maximum absolute atomic E-state index is 11.3. The predicted octanol–water partition coefficient (Wildman–Crippen LogP) is 2.96. The summed E-state index contributed by atoms with van der Waals surface area (Å²) >= 11 is 0. The van der Waals surface area contributed by atoms with Gasteiger partial charge in [-0.3, -0.25) is 0 Å². The van der Waals surface area contributed by atoms with Gasteiger partial charge in [0.25, 0.3) is 0 Å². The van der Waals surface area contributed by atoms with E-state index in [0.717, 1.165) is 37.5 Å². The van der Waals surface area contributed by atoms with Crippen molar-refractivity contribution in [1.29, 1.82) is 0 Å².